The van der Waals surface area contributed by atoms with Gasteiger partial charge >= 0.3 is 5.97 Å². The lowest BCUT2D eigenvalue weighted by atomic mass is 9.93. The van der Waals surface area contributed by atoms with E-state index in [1.54, 1.807) is 26.0 Å². The molecule has 0 saturated carbocycles. The molecule has 0 fully saturated rings. The number of phenolic OH excluding ortho intramolecular Hbond substituents is 1. The Morgan fingerprint density at radius 1 is 0.730 bits per heavy atom. The fraction of sp³-hybridized carbons (Fsp3) is 0.630. The summed E-state index contributed by atoms with van der Waals surface area (Å²) in [4.78, 5) is 51.1. The van der Waals surface area contributed by atoms with Crippen LogP contribution in [0.25, 0.3) is 0 Å². The van der Waals surface area contributed by atoms with Crippen molar-refractivity contribution in [2.75, 3.05) is 0 Å². The van der Waals surface area contributed by atoms with Gasteiger partial charge in [0.25, 0.3) is 0 Å². The van der Waals surface area contributed by atoms with Gasteiger partial charge in [0, 0.05) is 0 Å². The van der Waals surface area contributed by atoms with Crippen LogP contribution in [0.4, 0.5) is 0 Å². The molecule has 0 aliphatic heterocycles. The van der Waals surface area contributed by atoms with Crippen LogP contribution >= 0.6 is 0 Å². The molecule has 0 radical (unpaired) electrons. The van der Waals surface area contributed by atoms with E-state index in [1.807, 2.05) is 27.7 Å². The smallest absolute Gasteiger partial charge is 0.326 e. The first-order valence-corrected chi connectivity index (χ1v) is 13.0. The van der Waals surface area contributed by atoms with E-state index in [-0.39, 0.29) is 29.9 Å². The van der Waals surface area contributed by atoms with Gasteiger partial charge in [-0.1, -0.05) is 72.9 Å². The fourth-order valence-corrected chi connectivity index (χ4v) is 3.81. The van der Waals surface area contributed by atoms with Gasteiger partial charge in [-0.25, -0.2) is 4.79 Å². The van der Waals surface area contributed by atoms with Crippen molar-refractivity contribution >= 4 is 23.7 Å². The van der Waals surface area contributed by atoms with Crippen LogP contribution in [-0.2, 0) is 25.6 Å². The lowest BCUT2D eigenvalue weighted by Gasteiger charge is -2.30. The molecule has 0 saturated heterocycles. The Kier molecular flexibility index (Phi) is 13.1. The summed E-state index contributed by atoms with van der Waals surface area (Å²) < 4.78 is 0. The summed E-state index contributed by atoms with van der Waals surface area (Å²) in [6.07, 6.45) is 1.92. The van der Waals surface area contributed by atoms with Gasteiger partial charge in [-0.15, -0.1) is 0 Å². The molecule has 37 heavy (non-hydrogen) atoms. The molecule has 7 N–H and O–H groups in total. The summed E-state index contributed by atoms with van der Waals surface area (Å²) in [5, 5.41) is 27.1. The second kappa shape index (κ2) is 15.2. The number of rotatable bonds is 15. The van der Waals surface area contributed by atoms with Gasteiger partial charge in [-0.05, 0) is 41.9 Å². The molecule has 0 bridgehead atoms. The molecule has 1 aromatic carbocycles. The van der Waals surface area contributed by atoms with E-state index in [2.05, 4.69) is 16.0 Å². The van der Waals surface area contributed by atoms with Crippen molar-refractivity contribution in [1.29, 1.82) is 0 Å². The minimum absolute atomic E-state index is 0.106. The average Bonchev–Trinajstić information content (AvgIpc) is 2.88. The Bertz CT molecular complexity index is 907. The van der Waals surface area contributed by atoms with Crippen LogP contribution in [0, 0.1) is 17.8 Å². The molecule has 1 aromatic rings. The summed E-state index contributed by atoms with van der Waals surface area (Å²) in [5.74, 6) is -3.47. The minimum atomic E-state index is -1.13. The zero-order valence-corrected chi connectivity index (χ0v) is 22.8. The Morgan fingerprint density at radius 3 is 1.51 bits per heavy atom. The number of carboxylic acid groups (broad SMARTS) is 1. The minimum Gasteiger partial charge on any atom is -0.508 e. The number of carbonyl (C=O) groups is 4. The molecular formula is C27H44N4O6. The third-order valence-corrected chi connectivity index (χ3v) is 7.09. The van der Waals surface area contributed by atoms with E-state index in [4.69, 9.17) is 5.73 Å². The molecule has 208 valence electrons. The van der Waals surface area contributed by atoms with Crippen molar-refractivity contribution in [1.82, 2.24) is 16.0 Å². The predicted molar refractivity (Wildman–Crippen MR) is 142 cm³/mol. The maximum Gasteiger partial charge on any atom is 0.326 e. The summed E-state index contributed by atoms with van der Waals surface area (Å²) in [6.45, 7) is 11.0. The van der Waals surface area contributed by atoms with Crippen molar-refractivity contribution in [3.8, 4) is 5.75 Å². The number of nitrogens with two attached hydrogens (primary N) is 1. The van der Waals surface area contributed by atoms with Crippen molar-refractivity contribution < 1.29 is 29.4 Å². The van der Waals surface area contributed by atoms with Crippen LogP contribution in [0.5, 0.6) is 5.75 Å². The summed E-state index contributed by atoms with van der Waals surface area (Å²) in [6, 6.07) is 2.43. The lowest BCUT2D eigenvalue weighted by Crippen LogP contribution is -2.60. The van der Waals surface area contributed by atoms with Crippen LogP contribution in [0.15, 0.2) is 24.3 Å². The van der Waals surface area contributed by atoms with Crippen molar-refractivity contribution in [3.63, 3.8) is 0 Å². The number of aromatic hydroxyl groups is 1. The average molecular weight is 521 g/mol. The standard InChI is InChI=1S/C27H44N4O6/c1-7-15(4)21(29-24(33)20(28)14-18-10-12-19(32)13-11-18)25(34)30-22(16(5)8-2)26(35)31-23(27(36)37)17(6)9-3/h10-13,15-17,20-23,32H,7-9,14,28H2,1-6H3,(H,29,33)(H,30,34)(H,31,35)(H,36,37). The molecule has 10 heteroatoms. The highest BCUT2D eigenvalue weighted by Gasteiger charge is 2.35. The number of phenols is 1. The molecule has 0 aliphatic rings. The number of hydrogen-bond donors (Lipinski definition) is 6. The van der Waals surface area contributed by atoms with Crippen LogP contribution in [0.1, 0.15) is 66.4 Å². The monoisotopic (exact) mass is 520 g/mol. The number of benzene rings is 1. The van der Waals surface area contributed by atoms with E-state index in [0.29, 0.717) is 19.3 Å². The lowest BCUT2D eigenvalue weighted by molar-refractivity contribution is -0.144. The second-order valence-electron chi connectivity index (χ2n) is 9.93. The van der Waals surface area contributed by atoms with Crippen LogP contribution < -0.4 is 21.7 Å². The third kappa shape index (κ3) is 9.68. The number of aliphatic carboxylic acids is 1. The van der Waals surface area contributed by atoms with E-state index >= 15 is 0 Å². The SMILES string of the molecule is CCC(C)C(NC(=O)C(NC(=O)C(NC(=O)C(N)Cc1ccc(O)cc1)C(C)CC)C(C)CC)C(=O)O. The van der Waals surface area contributed by atoms with E-state index in [9.17, 15) is 29.4 Å². The molecule has 1 rings (SSSR count). The van der Waals surface area contributed by atoms with Gasteiger partial charge in [0.2, 0.25) is 17.7 Å². The van der Waals surface area contributed by atoms with Crippen molar-refractivity contribution in [3.05, 3.63) is 29.8 Å². The summed E-state index contributed by atoms with van der Waals surface area (Å²) in [5.41, 5.74) is 6.85. The Balaban J connectivity index is 3.03. The third-order valence-electron chi connectivity index (χ3n) is 7.09. The number of hydrogen-bond acceptors (Lipinski definition) is 6. The van der Waals surface area contributed by atoms with Crippen LogP contribution in [0.2, 0.25) is 0 Å². The zero-order chi connectivity index (χ0) is 28.3. The van der Waals surface area contributed by atoms with Crippen LogP contribution in [0.3, 0.4) is 0 Å². The number of nitrogens with one attached hydrogen (secondary N) is 3. The number of amides is 3. The maximum absolute atomic E-state index is 13.4. The number of carboxylic acids is 1. The topological polar surface area (TPSA) is 171 Å². The molecule has 7 unspecified atom stereocenters. The van der Waals surface area contributed by atoms with Gasteiger partial charge in [0.05, 0.1) is 6.04 Å². The molecule has 7 atom stereocenters. The van der Waals surface area contributed by atoms with Gasteiger partial charge < -0.3 is 31.9 Å². The van der Waals surface area contributed by atoms with Gasteiger partial charge in [0.15, 0.2) is 0 Å². The maximum atomic E-state index is 13.4. The molecule has 3 amide bonds. The quantitative estimate of drug-likeness (QED) is 0.205. The Labute approximate surface area is 219 Å². The second-order valence-corrected chi connectivity index (χ2v) is 9.93. The highest BCUT2D eigenvalue weighted by molar-refractivity contribution is 5.94. The molecule has 0 heterocycles. The molecule has 0 aliphatic carbocycles. The highest BCUT2D eigenvalue weighted by Crippen LogP contribution is 2.15. The van der Waals surface area contributed by atoms with Crippen molar-refractivity contribution in [2.45, 2.75) is 91.4 Å². The zero-order valence-electron chi connectivity index (χ0n) is 22.8. The molecule has 0 aromatic heterocycles. The first kappa shape index (κ1) is 31.9. The fourth-order valence-electron chi connectivity index (χ4n) is 3.81. The largest absolute Gasteiger partial charge is 0.508 e. The Morgan fingerprint density at radius 2 is 1.11 bits per heavy atom. The van der Waals surface area contributed by atoms with E-state index in [0.717, 1.165) is 5.56 Å². The highest BCUT2D eigenvalue weighted by atomic mass is 16.4. The first-order valence-electron chi connectivity index (χ1n) is 13.0. The predicted octanol–water partition coefficient (Wildman–Crippen LogP) is 1.94. The van der Waals surface area contributed by atoms with Gasteiger partial charge in [0.1, 0.15) is 23.9 Å². The molecule has 10 nitrogen and oxygen atoms in total. The Hall–Kier alpha value is -3.14. The van der Waals surface area contributed by atoms with Crippen molar-refractivity contribution in [2.24, 2.45) is 23.5 Å². The summed E-state index contributed by atoms with van der Waals surface area (Å²) >= 11 is 0. The first-order chi connectivity index (χ1) is 17.4. The van der Waals surface area contributed by atoms with Gasteiger partial charge in [-0.2, -0.15) is 0 Å². The van der Waals surface area contributed by atoms with Gasteiger partial charge in [-0.3, -0.25) is 14.4 Å². The molecule has 0 spiro atoms. The normalized spacial score (nSPS) is 16.8. The van der Waals surface area contributed by atoms with Crippen LogP contribution in [-0.4, -0.2) is 58.1 Å². The van der Waals surface area contributed by atoms with E-state index < -0.39 is 47.9 Å². The summed E-state index contributed by atoms with van der Waals surface area (Å²) in [7, 11) is 0. The number of carbonyl (C=O) groups excluding carboxylic acids is 3. The molecular weight excluding hydrogens is 476 g/mol. The van der Waals surface area contributed by atoms with E-state index in [1.165, 1.54) is 12.1 Å².